The van der Waals surface area contributed by atoms with Crippen molar-refractivity contribution < 1.29 is 4.74 Å². The highest BCUT2D eigenvalue weighted by Crippen LogP contribution is 2.43. The number of nitrogens with zero attached hydrogens (tertiary/aromatic N) is 4. The molecule has 1 saturated heterocycles. The Morgan fingerprint density at radius 3 is 2.87 bits per heavy atom. The van der Waals surface area contributed by atoms with E-state index in [2.05, 4.69) is 27.3 Å². The van der Waals surface area contributed by atoms with Crippen LogP contribution >= 0.6 is 11.3 Å². The molecule has 0 bridgehead atoms. The van der Waals surface area contributed by atoms with Crippen LogP contribution in [0.2, 0.25) is 0 Å². The van der Waals surface area contributed by atoms with Gasteiger partial charge >= 0.3 is 0 Å². The highest BCUT2D eigenvalue weighted by atomic mass is 32.1. The first-order chi connectivity index (χ1) is 14.8. The number of aryl methyl sites for hydroxylation is 2. The Morgan fingerprint density at radius 1 is 1.13 bits per heavy atom. The maximum Gasteiger partial charge on any atom is 0.139 e. The number of thiophene rings is 1. The molecule has 2 fully saturated rings. The molecule has 30 heavy (non-hydrogen) atoms. The van der Waals surface area contributed by atoms with E-state index in [0.29, 0.717) is 5.92 Å². The molecule has 1 saturated carbocycles. The fraction of sp³-hybridized carbons (Fsp3) is 0.522. The number of morpholine rings is 1. The van der Waals surface area contributed by atoms with Crippen molar-refractivity contribution in [3.63, 3.8) is 0 Å². The largest absolute Gasteiger partial charge is 0.378 e. The average Bonchev–Trinajstić information content (AvgIpc) is 3.58. The van der Waals surface area contributed by atoms with Gasteiger partial charge in [0.15, 0.2) is 0 Å². The minimum atomic E-state index is 0.558. The molecule has 0 spiro atoms. The van der Waals surface area contributed by atoms with Gasteiger partial charge in [-0.25, -0.2) is 15.0 Å². The van der Waals surface area contributed by atoms with Gasteiger partial charge in [0, 0.05) is 36.6 Å². The van der Waals surface area contributed by atoms with E-state index in [1.54, 1.807) is 0 Å². The highest BCUT2D eigenvalue weighted by molar-refractivity contribution is 7.19. The van der Waals surface area contributed by atoms with E-state index in [4.69, 9.17) is 14.7 Å². The molecule has 0 radical (unpaired) electrons. The van der Waals surface area contributed by atoms with Crippen LogP contribution in [0.1, 0.15) is 53.4 Å². The van der Waals surface area contributed by atoms with Gasteiger partial charge in [0.25, 0.3) is 0 Å². The number of hydrogen-bond acceptors (Lipinski definition) is 7. The normalized spacial score (nSPS) is 19.1. The summed E-state index contributed by atoms with van der Waals surface area (Å²) in [7, 11) is 0. The molecule has 4 heterocycles. The zero-order valence-corrected chi connectivity index (χ0v) is 18.0. The van der Waals surface area contributed by atoms with Gasteiger partial charge in [-0.1, -0.05) is 0 Å². The van der Waals surface area contributed by atoms with Crippen molar-refractivity contribution in [3.8, 4) is 0 Å². The van der Waals surface area contributed by atoms with Gasteiger partial charge in [-0.3, -0.25) is 0 Å². The van der Waals surface area contributed by atoms with E-state index in [9.17, 15) is 0 Å². The van der Waals surface area contributed by atoms with Crippen LogP contribution in [0.3, 0.4) is 0 Å². The molecule has 6 nitrogen and oxygen atoms in total. The van der Waals surface area contributed by atoms with Gasteiger partial charge < -0.3 is 15.0 Å². The quantitative estimate of drug-likeness (QED) is 0.663. The lowest BCUT2D eigenvalue weighted by Crippen LogP contribution is -2.36. The summed E-state index contributed by atoms with van der Waals surface area (Å²) < 4.78 is 5.48. The number of rotatable bonds is 5. The van der Waals surface area contributed by atoms with E-state index >= 15 is 0 Å². The molecule has 3 aromatic heterocycles. The fourth-order valence-electron chi connectivity index (χ4n) is 4.55. The van der Waals surface area contributed by atoms with Gasteiger partial charge in [0.05, 0.1) is 18.6 Å². The Bertz CT molecular complexity index is 1070. The van der Waals surface area contributed by atoms with Crippen molar-refractivity contribution in [2.75, 3.05) is 36.5 Å². The van der Waals surface area contributed by atoms with Crippen LogP contribution in [-0.4, -0.2) is 41.3 Å². The first kappa shape index (κ1) is 18.5. The number of anilines is 2. The minimum Gasteiger partial charge on any atom is -0.378 e. The summed E-state index contributed by atoms with van der Waals surface area (Å²) in [5.74, 6) is 3.67. The van der Waals surface area contributed by atoms with Crippen LogP contribution in [0, 0.1) is 0 Å². The third-order valence-electron chi connectivity index (χ3n) is 6.38. The van der Waals surface area contributed by atoms with Gasteiger partial charge in [-0.2, -0.15) is 0 Å². The third kappa shape index (κ3) is 3.54. The molecule has 0 aromatic carbocycles. The van der Waals surface area contributed by atoms with E-state index in [1.165, 1.54) is 58.3 Å². The molecule has 7 heteroatoms. The topological polar surface area (TPSA) is 63.2 Å². The minimum absolute atomic E-state index is 0.558. The molecule has 1 aliphatic heterocycles. The average molecular weight is 422 g/mol. The SMILES string of the molecule is c1cc(CNc2nc(C3CC3)nc3sc4c(c23)CCCC4)cc(N2CCOCC2)n1. The maximum absolute atomic E-state index is 5.48. The lowest BCUT2D eigenvalue weighted by molar-refractivity contribution is 0.122. The van der Waals surface area contributed by atoms with Gasteiger partial charge in [0.2, 0.25) is 0 Å². The summed E-state index contributed by atoms with van der Waals surface area (Å²) in [4.78, 5) is 19.6. The molecule has 3 aliphatic rings. The van der Waals surface area contributed by atoms with Gasteiger partial charge in [0.1, 0.15) is 22.3 Å². The zero-order chi connectivity index (χ0) is 19.9. The number of pyridine rings is 1. The van der Waals surface area contributed by atoms with Crippen molar-refractivity contribution in [1.82, 2.24) is 15.0 Å². The first-order valence-corrected chi connectivity index (χ1v) is 12.0. The van der Waals surface area contributed by atoms with E-state index < -0.39 is 0 Å². The second kappa shape index (κ2) is 7.78. The lowest BCUT2D eigenvalue weighted by atomic mass is 9.97. The standard InChI is InChI=1S/C23H27N5OS/c1-2-4-18-17(3-1)20-22(26-21(16-5-6-16)27-23(20)30-18)25-14-15-7-8-24-19(13-15)28-9-11-29-12-10-28/h7-8,13,16H,1-6,9-12,14H2,(H,25,26,27). The molecule has 2 aliphatic carbocycles. The van der Waals surface area contributed by atoms with Crippen molar-refractivity contribution in [1.29, 1.82) is 0 Å². The summed E-state index contributed by atoms with van der Waals surface area (Å²) in [5, 5.41) is 4.96. The molecule has 0 amide bonds. The van der Waals surface area contributed by atoms with Crippen LogP contribution in [0.5, 0.6) is 0 Å². The Balaban J connectivity index is 1.30. The van der Waals surface area contributed by atoms with Crippen molar-refractivity contribution in [2.45, 2.75) is 51.0 Å². The number of nitrogens with one attached hydrogen (secondary N) is 1. The van der Waals surface area contributed by atoms with Crippen LogP contribution in [0.25, 0.3) is 10.2 Å². The van der Waals surface area contributed by atoms with Crippen molar-refractivity contribution >= 4 is 33.2 Å². The summed E-state index contributed by atoms with van der Waals surface area (Å²) in [6.45, 7) is 4.11. The molecule has 3 aromatic rings. The van der Waals surface area contributed by atoms with E-state index in [-0.39, 0.29) is 0 Å². The summed E-state index contributed by atoms with van der Waals surface area (Å²) >= 11 is 1.90. The molecule has 156 valence electrons. The number of fused-ring (bicyclic) bond motifs is 3. The maximum atomic E-state index is 5.48. The molecule has 0 unspecified atom stereocenters. The monoisotopic (exact) mass is 421 g/mol. The number of ether oxygens (including phenoxy) is 1. The Kier molecular flexibility index (Phi) is 4.80. The Hall–Kier alpha value is -2.25. The Morgan fingerprint density at radius 2 is 2.00 bits per heavy atom. The fourth-order valence-corrected chi connectivity index (χ4v) is 5.82. The molecular weight excluding hydrogens is 394 g/mol. The molecular formula is C23H27N5OS. The van der Waals surface area contributed by atoms with Gasteiger partial charge in [-0.15, -0.1) is 11.3 Å². The lowest BCUT2D eigenvalue weighted by Gasteiger charge is -2.28. The van der Waals surface area contributed by atoms with E-state index in [0.717, 1.165) is 56.7 Å². The summed E-state index contributed by atoms with van der Waals surface area (Å²) in [6.07, 6.45) is 9.29. The second-order valence-corrected chi connectivity index (χ2v) is 9.65. The van der Waals surface area contributed by atoms with E-state index in [1.807, 2.05) is 17.5 Å². The number of hydrogen-bond donors (Lipinski definition) is 1. The van der Waals surface area contributed by atoms with Crippen molar-refractivity contribution in [2.24, 2.45) is 0 Å². The first-order valence-electron chi connectivity index (χ1n) is 11.2. The zero-order valence-electron chi connectivity index (χ0n) is 17.2. The van der Waals surface area contributed by atoms with Crippen LogP contribution in [0.15, 0.2) is 18.3 Å². The predicted molar refractivity (Wildman–Crippen MR) is 121 cm³/mol. The second-order valence-electron chi connectivity index (χ2n) is 8.57. The van der Waals surface area contributed by atoms with Crippen LogP contribution < -0.4 is 10.2 Å². The highest BCUT2D eigenvalue weighted by Gasteiger charge is 2.29. The Labute approximate surface area is 180 Å². The summed E-state index contributed by atoms with van der Waals surface area (Å²) in [5.41, 5.74) is 2.73. The predicted octanol–water partition coefficient (Wildman–Crippen LogP) is 4.29. The molecule has 6 rings (SSSR count). The van der Waals surface area contributed by atoms with Crippen molar-refractivity contribution in [3.05, 3.63) is 40.2 Å². The van der Waals surface area contributed by atoms with Crippen LogP contribution in [0.4, 0.5) is 11.6 Å². The molecule has 1 N–H and O–H groups in total. The number of aromatic nitrogens is 3. The van der Waals surface area contributed by atoms with Gasteiger partial charge in [-0.05, 0) is 61.8 Å². The smallest absolute Gasteiger partial charge is 0.139 e. The third-order valence-corrected chi connectivity index (χ3v) is 7.57. The van der Waals surface area contributed by atoms with Crippen LogP contribution in [-0.2, 0) is 24.1 Å². The molecule has 0 atom stereocenters. The summed E-state index contributed by atoms with van der Waals surface area (Å²) in [6, 6.07) is 4.29.